The number of methoxy groups -OCH3 is 2. The molecule has 39 heavy (non-hydrogen) atoms. The lowest BCUT2D eigenvalue weighted by molar-refractivity contribution is 0.208. The molecule has 2 N–H and O–H groups in total. The molecule has 1 heterocycles. The van der Waals surface area contributed by atoms with Crippen LogP contribution in [-0.2, 0) is 20.0 Å². The number of halogens is 1. The molecular weight excluding hydrogens is 566 g/mol. The second-order valence-corrected chi connectivity index (χ2v) is 13.0. The van der Waals surface area contributed by atoms with Gasteiger partial charge in [-0.05, 0) is 49.4 Å². The first-order valence-corrected chi connectivity index (χ1v) is 15.7. The van der Waals surface area contributed by atoms with Crippen molar-refractivity contribution in [1.82, 2.24) is 4.90 Å². The van der Waals surface area contributed by atoms with Crippen LogP contribution in [0.15, 0.2) is 59.5 Å². The first-order chi connectivity index (χ1) is 18.4. The van der Waals surface area contributed by atoms with Crippen molar-refractivity contribution in [3.63, 3.8) is 0 Å². The van der Waals surface area contributed by atoms with E-state index in [1.54, 1.807) is 36.4 Å². The van der Waals surface area contributed by atoms with Crippen LogP contribution < -0.4 is 23.7 Å². The van der Waals surface area contributed by atoms with Crippen molar-refractivity contribution in [3.05, 3.63) is 59.6 Å². The summed E-state index contributed by atoms with van der Waals surface area (Å²) in [5, 5.41) is 0.370. The van der Waals surface area contributed by atoms with E-state index in [-0.39, 0.29) is 33.7 Å². The molecule has 10 nitrogen and oxygen atoms in total. The van der Waals surface area contributed by atoms with E-state index >= 15 is 0 Å². The maximum atomic E-state index is 13.8. The van der Waals surface area contributed by atoms with Crippen molar-refractivity contribution < 1.29 is 31.0 Å². The largest absolute Gasteiger partial charge is 0.493 e. The number of nitrogens with zero attached hydrogens (tertiary/aromatic N) is 1. The molecule has 3 aromatic rings. The summed E-state index contributed by atoms with van der Waals surface area (Å²) in [6.45, 7) is 1.64. The van der Waals surface area contributed by atoms with Crippen molar-refractivity contribution >= 4 is 43.0 Å². The lowest BCUT2D eigenvalue weighted by Crippen LogP contribution is -2.21. The van der Waals surface area contributed by atoms with E-state index in [1.807, 2.05) is 7.05 Å². The molecule has 210 valence electrons. The molecule has 0 bridgehead atoms. The number of anilines is 2. The molecule has 0 saturated carbocycles. The normalized spacial score (nSPS) is 16.1. The standard InChI is InChI=1S/C26H30ClN3O7S2/c1-30-11-10-20(16-30)37-23-13-19(8-9-22(23)27)29-39(33,34)26-15-25(36-3)24(35-2)14-21(26)17-6-5-7-18(12-17)28-38(4,31)32/h5-9,12-15,20,28-29H,10-11,16H2,1-4H3/t20-/m1/s1. The average Bonchev–Trinajstić information content (AvgIpc) is 3.28. The molecule has 0 spiro atoms. The molecule has 0 aliphatic carbocycles. The van der Waals surface area contributed by atoms with E-state index in [9.17, 15) is 16.8 Å². The molecule has 0 unspecified atom stereocenters. The summed E-state index contributed by atoms with van der Waals surface area (Å²) in [4.78, 5) is 2.04. The van der Waals surface area contributed by atoms with Crippen LogP contribution in [0.5, 0.6) is 17.2 Å². The molecular formula is C26H30ClN3O7S2. The van der Waals surface area contributed by atoms with Crippen molar-refractivity contribution in [1.29, 1.82) is 0 Å². The third-order valence-corrected chi connectivity index (χ3v) is 8.42. The average molecular weight is 596 g/mol. The van der Waals surface area contributed by atoms with Gasteiger partial charge in [0.1, 0.15) is 11.9 Å². The lowest BCUT2D eigenvalue weighted by Gasteiger charge is -2.18. The number of sulfonamides is 2. The van der Waals surface area contributed by atoms with Gasteiger partial charge >= 0.3 is 0 Å². The zero-order valence-corrected chi connectivity index (χ0v) is 24.3. The second kappa shape index (κ2) is 11.5. The Balaban J connectivity index is 1.74. The van der Waals surface area contributed by atoms with E-state index in [2.05, 4.69) is 14.3 Å². The van der Waals surface area contributed by atoms with Gasteiger partial charge in [-0.2, -0.15) is 0 Å². The Morgan fingerprint density at radius 1 is 0.897 bits per heavy atom. The number of ether oxygens (including phenoxy) is 3. The number of rotatable bonds is 10. The number of hydrogen-bond acceptors (Lipinski definition) is 8. The summed E-state index contributed by atoms with van der Waals surface area (Å²) in [5.74, 6) is 0.887. The number of nitrogens with one attached hydrogen (secondary N) is 2. The Bertz CT molecular complexity index is 1580. The van der Waals surface area contributed by atoms with Crippen LogP contribution in [0.1, 0.15) is 6.42 Å². The number of benzene rings is 3. The highest BCUT2D eigenvalue weighted by Gasteiger charge is 2.25. The lowest BCUT2D eigenvalue weighted by atomic mass is 10.0. The Labute approximate surface area is 233 Å². The van der Waals surface area contributed by atoms with Crippen molar-refractivity contribution in [2.75, 3.05) is 50.1 Å². The molecule has 1 saturated heterocycles. The number of likely N-dealkylation sites (tertiary alicyclic amines) is 1. The zero-order chi connectivity index (χ0) is 28.4. The fraction of sp³-hybridized carbons (Fsp3) is 0.308. The first kappa shape index (κ1) is 28.8. The maximum Gasteiger partial charge on any atom is 0.262 e. The summed E-state index contributed by atoms with van der Waals surface area (Å²) in [5.41, 5.74) is 1.25. The predicted octanol–water partition coefficient (Wildman–Crippen LogP) is 4.28. The van der Waals surface area contributed by atoms with Crippen LogP contribution >= 0.6 is 11.6 Å². The highest BCUT2D eigenvalue weighted by molar-refractivity contribution is 7.93. The zero-order valence-electron chi connectivity index (χ0n) is 21.9. The number of hydrogen-bond donors (Lipinski definition) is 2. The van der Waals surface area contributed by atoms with Gasteiger partial charge in [-0.3, -0.25) is 9.44 Å². The predicted molar refractivity (Wildman–Crippen MR) is 152 cm³/mol. The van der Waals surface area contributed by atoms with Gasteiger partial charge < -0.3 is 19.1 Å². The van der Waals surface area contributed by atoms with Crippen LogP contribution in [0.25, 0.3) is 11.1 Å². The van der Waals surface area contributed by atoms with E-state index in [1.165, 1.54) is 32.4 Å². The fourth-order valence-corrected chi connectivity index (χ4v) is 6.30. The topological polar surface area (TPSA) is 123 Å². The summed E-state index contributed by atoms with van der Waals surface area (Å²) in [7, 11) is -2.90. The van der Waals surface area contributed by atoms with Gasteiger partial charge in [-0.1, -0.05) is 23.7 Å². The SMILES string of the molecule is COc1cc(-c2cccc(NS(C)(=O)=O)c2)c(S(=O)(=O)Nc2ccc(Cl)c(O[C@@H]3CCN(C)C3)c2)cc1OC. The summed E-state index contributed by atoms with van der Waals surface area (Å²) < 4.78 is 72.9. The minimum atomic E-state index is -4.19. The van der Waals surface area contributed by atoms with Gasteiger partial charge in [0, 0.05) is 36.5 Å². The van der Waals surface area contributed by atoms with Gasteiger partial charge in [-0.15, -0.1) is 0 Å². The third kappa shape index (κ3) is 7.07. The van der Waals surface area contributed by atoms with Crippen LogP contribution in [0, 0.1) is 0 Å². The monoisotopic (exact) mass is 595 g/mol. The molecule has 1 atom stereocenters. The van der Waals surface area contributed by atoms with Gasteiger partial charge in [0.2, 0.25) is 10.0 Å². The van der Waals surface area contributed by atoms with Gasteiger partial charge in [0.15, 0.2) is 11.5 Å². The second-order valence-electron chi connectivity index (χ2n) is 9.20. The third-order valence-electron chi connectivity index (χ3n) is 6.08. The molecule has 1 aliphatic heterocycles. The smallest absolute Gasteiger partial charge is 0.262 e. The molecule has 1 aliphatic rings. The fourth-order valence-electron chi connectivity index (χ4n) is 4.31. The van der Waals surface area contributed by atoms with Crippen molar-refractivity contribution in [2.45, 2.75) is 17.4 Å². The molecule has 1 fully saturated rings. The Morgan fingerprint density at radius 2 is 1.59 bits per heavy atom. The van der Waals surface area contributed by atoms with E-state index in [4.69, 9.17) is 25.8 Å². The quantitative estimate of drug-likeness (QED) is 0.356. The minimum absolute atomic E-state index is 0.0513. The van der Waals surface area contributed by atoms with Crippen LogP contribution in [0.2, 0.25) is 5.02 Å². The van der Waals surface area contributed by atoms with Crippen LogP contribution in [-0.4, -0.2) is 68.5 Å². The van der Waals surface area contributed by atoms with E-state index < -0.39 is 20.0 Å². The van der Waals surface area contributed by atoms with Crippen LogP contribution in [0.3, 0.4) is 0 Å². The molecule has 3 aromatic carbocycles. The van der Waals surface area contributed by atoms with Gasteiger partial charge in [-0.25, -0.2) is 16.8 Å². The molecule has 0 radical (unpaired) electrons. The first-order valence-electron chi connectivity index (χ1n) is 11.9. The Hall–Kier alpha value is -3.19. The van der Waals surface area contributed by atoms with Crippen molar-refractivity contribution in [2.24, 2.45) is 0 Å². The summed E-state index contributed by atoms with van der Waals surface area (Å²) >= 11 is 6.34. The molecule has 4 rings (SSSR count). The summed E-state index contributed by atoms with van der Waals surface area (Å²) in [6.07, 6.45) is 1.82. The highest BCUT2D eigenvalue weighted by Crippen LogP contribution is 2.40. The maximum absolute atomic E-state index is 13.8. The highest BCUT2D eigenvalue weighted by atomic mass is 35.5. The van der Waals surface area contributed by atoms with Crippen LogP contribution in [0.4, 0.5) is 11.4 Å². The van der Waals surface area contributed by atoms with Gasteiger partial charge in [0.25, 0.3) is 10.0 Å². The molecule has 13 heteroatoms. The van der Waals surface area contributed by atoms with E-state index in [0.717, 1.165) is 25.8 Å². The molecule has 0 amide bonds. The van der Waals surface area contributed by atoms with Gasteiger partial charge in [0.05, 0.1) is 36.1 Å². The summed E-state index contributed by atoms with van der Waals surface area (Å²) in [6, 6.07) is 13.9. The Kier molecular flexibility index (Phi) is 8.50. The van der Waals surface area contributed by atoms with Crippen molar-refractivity contribution in [3.8, 4) is 28.4 Å². The van der Waals surface area contributed by atoms with E-state index in [0.29, 0.717) is 22.1 Å². The number of likely N-dealkylation sites (N-methyl/N-ethyl adjacent to an activating group) is 1. The Morgan fingerprint density at radius 3 is 2.23 bits per heavy atom. The minimum Gasteiger partial charge on any atom is -0.493 e. The molecule has 0 aromatic heterocycles.